The van der Waals surface area contributed by atoms with Crippen molar-refractivity contribution < 1.29 is 13.6 Å². The summed E-state index contributed by atoms with van der Waals surface area (Å²) in [6, 6.07) is 6.11. The van der Waals surface area contributed by atoms with Crippen molar-refractivity contribution in [1.82, 2.24) is 4.98 Å². The first-order valence-electron chi connectivity index (χ1n) is 4.58. The Kier molecular flexibility index (Phi) is 4.29. The Morgan fingerprint density at radius 3 is 2.18 bits per heavy atom. The molecule has 0 unspecified atom stereocenters. The zero-order chi connectivity index (χ0) is 11.5. The van der Waals surface area contributed by atoms with Crippen molar-refractivity contribution in [3.63, 3.8) is 0 Å². The molecule has 0 aliphatic carbocycles. The third-order valence-electron chi connectivity index (χ3n) is 2.12. The Balaban J connectivity index is 0.00000144. The van der Waals surface area contributed by atoms with E-state index in [1.165, 1.54) is 30.6 Å². The summed E-state index contributed by atoms with van der Waals surface area (Å²) >= 11 is 0. The number of nitrogens with zero attached hydrogens (tertiary/aromatic N) is 1. The first-order chi connectivity index (χ1) is 7.68. The van der Waals surface area contributed by atoms with Crippen molar-refractivity contribution in [2.45, 2.75) is 0 Å². The van der Waals surface area contributed by atoms with Crippen LogP contribution in [-0.4, -0.2) is 10.8 Å². The molecular weight excluding hydrogens is 248 g/mol. The Hall–Kier alpha value is -1.81. The van der Waals surface area contributed by atoms with Crippen molar-refractivity contribution in [2.24, 2.45) is 0 Å². The molecule has 0 aliphatic rings. The van der Waals surface area contributed by atoms with Crippen molar-refractivity contribution in [2.75, 3.05) is 0 Å². The monoisotopic (exact) mass is 255 g/mol. The van der Waals surface area contributed by atoms with Gasteiger partial charge in [0.05, 0.1) is 0 Å². The van der Waals surface area contributed by atoms with Gasteiger partial charge in [-0.05, 0) is 30.3 Å². The number of carbonyl (C=O) groups is 1. The van der Waals surface area contributed by atoms with Crippen LogP contribution in [0.4, 0.5) is 8.78 Å². The fourth-order valence-electron chi connectivity index (χ4n) is 1.31. The summed E-state index contributed by atoms with van der Waals surface area (Å²) in [5.41, 5.74) is 0.506. The lowest BCUT2D eigenvalue weighted by molar-refractivity contribution is 0.103. The van der Waals surface area contributed by atoms with Gasteiger partial charge in [-0.3, -0.25) is 9.78 Å². The Labute approximate surface area is 103 Å². The number of pyridine rings is 1. The minimum Gasteiger partial charge on any atom is -0.289 e. The van der Waals surface area contributed by atoms with E-state index in [1.54, 1.807) is 0 Å². The second-order valence-corrected chi connectivity index (χ2v) is 3.19. The van der Waals surface area contributed by atoms with Crippen molar-refractivity contribution >= 4 is 18.2 Å². The van der Waals surface area contributed by atoms with Gasteiger partial charge in [0.15, 0.2) is 17.4 Å². The van der Waals surface area contributed by atoms with Gasteiger partial charge in [0, 0.05) is 23.5 Å². The van der Waals surface area contributed by atoms with E-state index in [-0.39, 0.29) is 23.8 Å². The van der Waals surface area contributed by atoms with Gasteiger partial charge in [0.2, 0.25) is 0 Å². The number of carbonyl (C=O) groups excluding carboxylic acids is 1. The molecule has 0 N–H and O–H groups in total. The molecule has 0 bridgehead atoms. The van der Waals surface area contributed by atoms with Crippen LogP contribution in [0, 0.1) is 11.6 Å². The molecule has 5 heteroatoms. The number of rotatable bonds is 2. The maximum Gasteiger partial charge on any atom is 0.193 e. The standard InChI is InChI=1S/C12H7F2NO.ClH/c13-10-2-1-9(7-11(10)14)12(16)8-3-5-15-6-4-8;/h1-7H;1H. The molecule has 0 saturated carbocycles. The van der Waals surface area contributed by atoms with E-state index >= 15 is 0 Å². The van der Waals surface area contributed by atoms with Crippen molar-refractivity contribution in [3.8, 4) is 0 Å². The Morgan fingerprint density at radius 1 is 0.941 bits per heavy atom. The van der Waals surface area contributed by atoms with E-state index in [0.29, 0.717) is 5.56 Å². The van der Waals surface area contributed by atoms with Gasteiger partial charge in [-0.1, -0.05) is 0 Å². The summed E-state index contributed by atoms with van der Waals surface area (Å²) in [5.74, 6) is -2.35. The number of benzene rings is 1. The summed E-state index contributed by atoms with van der Waals surface area (Å²) in [5, 5.41) is 0. The predicted molar refractivity (Wildman–Crippen MR) is 61.3 cm³/mol. The van der Waals surface area contributed by atoms with Gasteiger partial charge >= 0.3 is 0 Å². The molecule has 0 radical (unpaired) electrons. The molecular formula is C12H8ClF2NO. The molecule has 0 amide bonds. The molecule has 0 spiro atoms. The maximum absolute atomic E-state index is 12.9. The molecule has 0 atom stereocenters. The van der Waals surface area contributed by atoms with Crippen LogP contribution in [0.25, 0.3) is 0 Å². The van der Waals surface area contributed by atoms with E-state index in [0.717, 1.165) is 12.1 Å². The second-order valence-electron chi connectivity index (χ2n) is 3.19. The van der Waals surface area contributed by atoms with Gasteiger partial charge in [-0.15, -0.1) is 12.4 Å². The molecule has 1 heterocycles. The van der Waals surface area contributed by atoms with E-state index < -0.39 is 11.6 Å². The average molecular weight is 256 g/mol. The first-order valence-corrected chi connectivity index (χ1v) is 4.58. The van der Waals surface area contributed by atoms with Crippen molar-refractivity contribution in [1.29, 1.82) is 0 Å². The average Bonchev–Trinajstić information content (AvgIpc) is 2.33. The van der Waals surface area contributed by atoms with Crippen LogP contribution in [0.2, 0.25) is 0 Å². The van der Waals surface area contributed by atoms with Crippen LogP contribution < -0.4 is 0 Å². The molecule has 1 aromatic heterocycles. The third-order valence-corrected chi connectivity index (χ3v) is 2.12. The lowest BCUT2D eigenvalue weighted by atomic mass is 10.0. The molecule has 17 heavy (non-hydrogen) atoms. The smallest absolute Gasteiger partial charge is 0.193 e. The van der Waals surface area contributed by atoms with Crippen LogP contribution in [-0.2, 0) is 0 Å². The highest BCUT2D eigenvalue weighted by Gasteiger charge is 2.11. The summed E-state index contributed by atoms with van der Waals surface area (Å²) in [7, 11) is 0. The summed E-state index contributed by atoms with van der Waals surface area (Å²) in [6.45, 7) is 0. The second kappa shape index (κ2) is 5.50. The topological polar surface area (TPSA) is 30.0 Å². The number of hydrogen-bond donors (Lipinski definition) is 0. The van der Waals surface area contributed by atoms with Gasteiger partial charge in [0.25, 0.3) is 0 Å². The van der Waals surface area contributed by atoms with Crippen LogP contribution in [0.1, 0.15) is 15.9 Å². The lowest BCUT2D eigenvalue weighted by Gasteiger charge is -2.01. The third kappa shape index (κ3) is 2.85. The van der Waals surface area contributed by atoms with Gasteiger partial charge in [-0.2, -0.15) is 0 Å². The molecule has 2 aromatic rings. The van der Waals surface area contributed by atoms with Crippen LogP contribution in [0.5, 0.6) is 0 Å². The largest absolute Gasteiger partial charge is 0.289 e. The normalized spacial score (nSPS) is 9.53. The molecule has 0 saturated heterocycles. The van der Waals surface area contributed by atoms with E-state index in [9.17, 15) is 13.6 Å². The number of halogens is 3. The summed E-state index contributed by atoms with van der Waals surface area (Å²) in [6.07, 6.45) is 2.93. The van der Waals surface area contributed by atoms with Crippen LogP contribution >= 0.6 is 12.4 Å². The first kappa shape index (κ1) is 13.3. The zero-order valence-corrected chi connectivity index (χ0v) is 9.38. The van der Waals surface area contributed by atoms with E-state index in [1.807, 2.05) is 0 Å². The lowest BCUT2D eigenvalue weighted by Crippen LogP contribution is -2.02. The quantitative estimate of drug-likeness (QED) is 0.772. The SMILES string of the molecule is Cl.O=C(c1ccncc1)c1ccc(F)c(F)c1. The molecule has 2 nitrogen and oxygen atoms in total. The Morgan fingerprint density at radius 2 is 1.59 bits per heavy atom. The van der Waals surface area contributed by atoms with E-state index in [4.69, 9.17) is 0 Å². The zero-order valence-electron chi connectivity index (χ0n) is 8.56. The van der Waals surface area contributed by atoms with E-state index in [2.05, 4.69) is 4.98 Å². The van der Waals surface area contributed by atoms with Crippen LogP contribution in [0.15, 0.2) is 42.7 Å². The van der Waals surface area contributed by atoms with Gasteiger partial charge < -0.3 is 0 Å². The highest BCUT2D eigenvalue weighted by atomic mass is 35.5. The number of hydrogen-bond acceptors (Lipinski definition) is 2. The van der Waals surface area contributed by atoms with Gasteiger partial charge in [-0.25, -0.2) is 8.78 Å². The molecule has 88 valence electrons. The minimum atomic E-state index is -1.03. The highest BCUT2D eigenvalue weighted by Crippen LogP contribution is 2.12. The molecule has 0 aliphatic heterocycles. The van der Waals surface area contributed by atoms with Crippen LogP contribution in [0.3, 0.4) is 0 Å². The highest BCUT2D eigenvalue weighted by molar-refractivity contribution is 6.08. The summed E-state index contributed by atoms with van der Waals surface area (Å²) in [4.78, 5) is 15.6. The predicted octanol–water partition coefficient (Wildman–Crippen LogP) is 3.01. The van der Waals surface area contributed by atoms with Gasteiger partial charge in [0.1, 0.15) is 0 Å². The molecule has 1 aromatic carbocycles. The Bertz CT molecular complexity index is 531. The minimum absolute atomic E-state index is 0. The maximum atomic E-state index is 12.9. The molecule has 0 fully saturated rings. The number of aromatic nitrogens is 1. The fraction of sp³-hybridized carbons (Fsp3) is 0. The number of ketones is 1. The fourth-order valence-corrected chi connectivity index (χ4v) is 1.31. The van der Waals surface area contributed by atoms with Crippen molar-refractivity contribution in [3.05, 3.63) is 65.5 Å². The molecule has 2 rings (SSSR count). The summed E-state index contributed by atoms with van der Waals surface area (Å²) < 4.78 is 25.6.